The smallest absolute Gasteiger partial charge is 0.238 e. The molecule has 0 saturated carbocycles. The Morgan fingerprint density at radius 2 is 1.61 bits per heavy atom. The lowest BCUT2D eigenvalue weighted by atomic mass is 9.87. The highest BCUT2D eigenvalue weighted by atomic mass is 32.2. The molecule has 0 saturated heterocycles. The van der Waals surface area contributed by atoms with Crippen LogP contribution in [0.1, 0.15) is 44.9 Å². The summed E-state index contributed by atoms with van der Waals surface area (Å²) < 4.78 is 22.7. The predicted molar refractivity (Wildman–Crippen MR) is 113 cm³/mol. The van der Waals surface area contributed by atoms with Gasteiger partial charge in [-0.25, -0.2) is 13.6 Å². The van der Waals surface area contributed by atoms with E-state index in [1.165, 1.54) is 17.7 Å². The van der Waals surface area contributed by atoms with Crippen LogP contribution in [0.5, 0.6) is 0 Å². The van der Waals surface area contributed by atoms with E-state index in [-0.39, 0.29) is 28.8 Å². The maximum Gasteiger partial charge on any atom is 0.238 e. The largest absolute Gasteiger partial charge is 0.325 e. The van der Waals surface area contributed by atoms with Gasteiger partial charge in [-0.05, 0) is 54.8 Å². The maximum atomic E-state index is 12.4. The van der Waals surface area contributed by atoms with Crippen LogP contribution < -0.4 is 10.5 Å². The fourth-order valence-corrected chi connectivity index (χ4v) is 3.32. The summed E-state index contributed by atoms with van der Waals surface area (Å²) in [5.41, 5.74) is 2.93. The molecule has 7 heteroatoms. The Morgan fingerprint density at radius 1 is 1.07 bits per heavy atom. The van der Waals surface area contributed by atoms with Crippen LogP contribution >= 0.6 is 0 Å². The van der Waals surface area contributed by atoms with Crippen LogP contribution in [0.3, 0.4) is 0 Å². The predicted octanol–water partition coefficient (Wildman–Crippen LogP) is 3.26. The molecule has 3 N–H and O–H groups in total. The molecule has 0 fully saturated rings. The number of nitrogens with one attached hydrogen (secondary N) is 1. The van der Waals surface area contributed by atoms with Gasteiger partial charge < -0.3 is 5.32 Å². The standard InChI is InChI=1S/C21H29N3O3S/c1-15(16-6-12-19(13-7-16)28(22,26)27)24(5)14-20(25)23-18-10-8-17(9-11-18)21(2,3)4/h6-13,15H,14H2,1-5H3,(H,23,25)(H2,22,26,27). The second kappa shape index (κ2) is 8.43. The summed E-state index contributed by atoms with van der Waals surface area (Å²) in [5.74, 6) is -0.112. The third kappa shape index (κ3) is 5.89. The molecule has 0 aliphatic carbocycles. The Kier molecular flexibility index (Phi) is 6.64. The van der Waals surface area contributed by atoms with E-state index in [9.17, 15) is 13.2 Å². The minimum atomic E-state index is -3.71. The Labute approximate surface area is 167 Å². The minimum Gasteiger partial charge on any atom is -0.325 e. The van der Waals surface area contributed by atoms with E-state index in [1.54, 1.807) is 12.1 Å². The van der Waals surface area contributed by atoms with Crippen molar-refractivity contribution in [3.63, 3.8) is 0 Å². The first-order valence-corrected chi connectivity index (χ1v) is 10.7. The van der Waals surface area contributed by atoms with Gasteiger partial charge >= 0.3 is 0 Å². The molecule has 0 radical (unpaired) electrons. The van der Waals surface area contributed by atoms with E-state index in [0.717, 1.165) is 11.3 Å². The molecule has 28 heavy (non-hydrogen) atoms. The van der Waals surface area contributed by atoms with Crippen LogP contribution in [0.15, 0.2) is 53.4 Å². The van der Waals surface area contributed by atoms with Crippen molar-refractivity contribution in [3.8, 4) is 0 Å². The van der Waals surface area contributed by atoms with E-state index in [1.807, 2.05) is 43.1 Å². The van der Waals surface area contributed by atoms with Gasteiger partial charge in [-0.15, -0.1) is 0 Å². The SMILES string of the molecule is CC(c1ccc(S(N)(=O)=O)cc1)N(C)CC(=O)Nc1ccc(C(C)(C)C)cc1. The fourth-order valence-electron chi connectivity index (χ4n) is 2.81. The van der Waals surface area contributed by atoms with Gasteiger partial charge in [0.1, 0.15) is 0 Å². The summed E-state index contributed by atoms with van der Waals surface area (Å²) in [4.78, 5) is 14.3. The maximum absolute atomic E-state index is 12.4. The second-order valence-electron chi connectivity index (χ2n) is 8.08. The zero-order chi connectivity index (χ0) is 21.1. The Hall–Kier alpha value is -2.22. The molecule has 1 atom stereocenters. The first-order valence-electron chi connectivity index (χ1n) is 9.11. The number of likely N-dealkylation sites (N-methyl/N-ethyl adjacent to an activating group) is 1. The molecule has 2 aromatic rings. The highest BCUT2D eigenvalue weighted by molar-refractivity contribution is 7.89. The molecule has 0 aliphatic rings. The number of primary sulfonamides is 1. The monoisotopic (exact) mass is 403 g/mol. The van der Waals surface area contributed by atoms with Gasteiger partial charge in [0.2, 0.25) is 15.9 Å². The lowest BCUT2D eigenvalue weighted by Crippen LogP contribution is -2.32. The van der Waals surface area contributed by atoms with Gasteiger partial charge in [-0.2, -0.15) is 0 Å². The average Bonchev–Trinajstić information content (AvgIpc) is 2.60. The summed E-state index contributed by atoms with van der Waals surface area (Å²) in [6.45, 7) is 8.60. The molecular formula is C21H29N3O3S. The van der Waals surface area contributed by atoms with Crippen molar-refractivity contribution in [3.05, 3.63) is 59.7 Å². The molecule has 0 aromatic heterocycles. The molecule has 0 spiro atoms. The summed E-state index contributed by atoms with van der Waals surface area (Å²) in [6.07, 6.45) is 0. The zero-order valence-corrected chi connectivity index (χ0v) is 17.9. The highest BCUT2D eigenvalue weighted by Gasteiger charge is 2.17. The summed E-state index contributed by atoms with van der Waals surface area (Å²) in [7, 11) is -1.86. The molecule has 2 rings (SSSR count). The number of amides is 1. The molecule has 152 valence electrons. The van der Waals surface area contributed by atoms with Crippen LogP contribution in [0.25, 0.3) is 0 Å². The van der Waals surface area contributed by atoms with Crippen LogP contribution in [0.2, 0.25) is 0 Å². The first kappa shape index (κ1) is 22.1. The molecule has 0 aliphatic heterocycles. The normalized spacial score (nSPS) is 13.4. The van der Waals surface area contributed by atoms with Gasteiger partial charge in [0, 0.05) is 11.7 Å². The van der Waals surface area contributed by atoms with Crippen molar-refractivity contribution in [2.45, 2.75) is 44.0 Å². The van der Waals surface area contributed by atoms with E-state index in [0.29, 0.717) is 0 Å². The van der Waals surface area contributed by atoms with E-state index >= 15 is 0 Å². The first-order chi connectivity index (χ1) is 12.9. The number of nitrogens with two attached hydrogens (primary N) is 1. The number of carbonyl (C=O) groups is 1. The van der Waals surface area contributed by atoms with Crippen LogP contribution in [0.4, 0.5) is 5.69 Å². The lowest BCUT2D eigenvalue weighted by molar-refractivity contribution is -0.117. The number of benzene rings is 2. The number of sulfonamides is 1. The van der Waals surface area contributed by atoms with Crippen molar-refractivity contribution in [2.75, 3.05) is 18.9 Å². The molecule has 0 heterocycles. The van der Waals surface area contributed by atoms with Gasteiger partial charge in [0.05, 0.1) is 11.4 Å². The number of nitrogens with zero attached hydrogens (tertiary/aromatic N) is 1. The minimum absolute atomic E-state index is 0.0662. The number of hydrogen-bond donors (Lipinski definition) is 2. The van der Waals surface area contributed by atoms with E-state index in [4.69, 9.17) is 5.14 Å². The number of rotatable bonds is 6. The highest BCUT2D eigenvalue weighted by Crippen LogP contribution is 2.24. The molecule has 1 unspecified atom stereocenters. The molecule has 6 nitrogen and oxygen atoms in total. The van der Waals surface area contributed by atoms with Crippen molar-refractivity contribution in [2.24, 2.45) is 5.14 Å². The number of carbonyl (C=O) groups excluding carboxylic acids is 1. The van der Waals surface area contributed by atoms with Crippen molar-refractivity contribution in [1.82, 2.24) is 4.90 Å². The molecule has 1 amide bonds. The third-order valence-electron chi connectivity index (χ3n) is 4.78. The van der Waals surface area contributed by atoms with E-state index in [2.05, 4.69) is 26.1 Å². The summed E-state index contributed by atoms with van der Waals surface area (Å²) in [5, 5.41) is 8.03. The van der Waals surface area contributed by atoms with Crippen molar-refractivity contribution >= 4 is 21.6 Å². The number of anilines is 1. The fraction of sp³-hybridized carbons (Fsp3) is 0.381. The lowest BCUT2D eigenvalue weighted by Gasteiger charge is -2.24. The molecule has 0 bridgehead atoms. The van der Waals surface area contributed by atoms with E-state index < -0.39 is 10.0 Å². The summed E-state index contributed by atoms with van der Waals surface area (Å²) in [6, 6.07) is 14.2. The van der Waals surface area contributed by atoms with Crippen LogP contribution in [-0.2, 0) is 20.2 Å². The topological polar surface area (TPSA) is 92.5 Å². The number of hydrogen-bond acceptors (Lipinski definition) is 4. The van der Waals surface area contributed by atoms with Crippen LogP contribution in [0, 0.1) is 0 Å². The zero-order valence-electron chi connectivity index (χ0n) is 17.1. The second-order valence-corrected chi connectivity index (χ2v) is 9.64. The summed E-state index contributed by atoms with van der Waals surface area (Å²) >= 11 is 0. The molecule has 2 aromatic carbocycles. The van der Waals surface area contributed by atoms with Gasteiger partial charge in [0.25, 0.3) is 0 Å². The Bertz CT molecular complexity index is 915. The average molecular weight is 404 g/mol. The molecular weight excluding hydrogens is 374 g/mol. The van der Waals surface area contributed by atoms with Gasteiger partial charge in [0.15, 0.2) is 0 Å². The van der Waals surface area contributed by atoms with Crippen molar-refractivity contribution in [1.29, 1.82) is 0 Å². The Morgan fingerprint density at radius 3 is 2.07 bits per heavy atom. The third-order valence-corrected chi connectivity index (χ3v) is 5.71. The van der Waals surface area contributed by atoms with Gasteiger partial charge in [-0.1, -0.05) is 45.0 Å². The van der Waals surface area contributed by atoms with Gasteiger partial charge in [-0.3, -0.25) is 9.69 Å². The quantitative estimate of drug-likeness (QED) is 0.774. The van der Waals surface area contributed by atoms with Crippen molar-refractivity contribution < 1.29 is 13.2 Å². The Balaban J connectivity index is 1.97. The van der Waals surface area contributed by atoms with Crippen LogP contribution in [-0.4, -0.2) is 32.8 Å².